The molecule has 1 aliphatic heterocycles. The molecule has 1 aromatic heterocycles. The first-order chi connectivity index (χ1) is 14.7. The molecule has 3 aromatic rings. The van der Waals surface area contributed by atoms with Crippen LogP contribution in [0.4, 0.5) is 10.1 Å². The summed E-state index contributed by atoms with van der Waals surface area (Å²) in [4.78, 5) is 25.6. The molecule has 0 spiro atoms. The van der Waals surface area contributed by atoms with E-state index >= 15 is 0 Å². The summed E-state index contributed by atoms with van der Waals surface area (Å²) in [6.45, 7) is 1.79. The average Bonchev–Trinajstić information content (AvgIpc) is 3.28. The second-order valence-corrected chi connectivity index (χ2v) is 8.74. The smallest absolute Gasteiger partial charge is 0.335 e. The van der Waals surface area contributed by atoms with Crippen molar-refractivity contribution < 1.29 is 23.5 Å². The highest BCUT2D eigenvalue weighted by molar-refractivity contribution is 8.27. The number of thiocarbonyl (C=S) groups is 1. The standard InChI is InChI=1S/C22H13ClFNO4S2/c1-11-8-12(21(27)28)2-5-15(11)18-7-4-14(29-18)10-19-20(26)25(22(30)31-19)13-3-6-17(24)16(23)9-13/h2-10H,1H3,(H,27,28)/b19-10-. The maximum Gasteiger partial charge on any atom is 0.335 e. The van der Waals surface area contributed by atoms with Gasteiger partial charge in [-0.3, -0.25) is 9.69 Å². The van der Waals surface area contributed by atoms with Gasteiger partial charge in [-0.15, -0.1) is 0 Å². The van der Waals surface area contributed by atoms with Crippen molar-refractivity contribution >= 4 is 63.5 Å². The third-order valence-electron chi connectivity index (χ3n) is 4.59. The van der Waals surface area contributed by atoms with E-state index in [1.54, 1.807) is 37.3 Å². The number of carboxylic acids is 1. The summed E-state index contributed by atoms with van der Waals surface area (Å²) in [7, 11) is 0. The van der Waals surface area contributed by atoms with Crippen molar-refractivity contribution in [1.82, 2.24) is 0 Å². The molecule has 0 radical (unpaired) electrons. The predicted molar refractivity (Wildman–Crippen MR) is 123 cm³/mol. The van der Waals surface area contributed by atoms with E-state index in [1.807, 2.05) is 0 Å². The highest BCUT2D eigenvalue weighted by Crippen LogP contribution is 2.37. The summed E-state index contributed by atoms with van der Waals surface area (Å²) >= 11 is 12.2. The van der Waals surface area contributed by atoms with E-state index < -0.39 is 11.8 Å². The van der Waals surface area contributed by atoms with Gasteiger partial charge in [-0.05, 0) is 55.0 Å². The van der Waals surface area contributed by atoms with E-state index in [9.17, 15) is 14.0 Å². The molecule has 0 bridgehead atoms. The maximum atomic E-state index is 13.5. The van der Waals surface area contributed by atoms with Crippen molar-refractivity contribution in [2.45, 2.75) is 6.92 Å². The van der Waals surface area contributed by atoms with E-state index in [2.05, 4.69) is 0 Å². The molecule has 1 aliphatic rings. The number of aryl methyl sites for hydroxylation is 1. The number of rotatable bonds is 4. The van der Waals surface area contributed by atoms with Crippen molar-refractivity contribution in [3.05, 3.63) is 81.2 Å². The number of carbonyl (C=O) groups excluding carboxylic acids is 1. The molecule has 31 heavy (non-hydrogen) atoms. The van der Waals surface area contributed by atoms with Gasteiger partial charge in [0.05, 0.1) is 21.2 Å². The number of hydrogen-bond acceptors (Lipinski definition) is 5. The first kappa shape index (κ1) is 21.3. The lowest BCUT2D eigenvalue weighted by Crippen LogP contribution is -2.27. The Morgan fingerprint density at radius 3 is 2.68 bits per heavy atom. The number of furan rings is 1. The molecule has 9 heteroatoms. The molecule has 0 atom stereocenters. The number of benzene rings is 2. The Kier molecular flexibility index (Phi) is 5.70. The zero-order valence-corrected chi connectivity index (χ0v) is 18.3. The number of anilines is 1. The first-order valence-electron chi connectivity index (χ1n) is 8.92. The molecular formula is C22H13ClFNO4S2. The third-order valence-corrected chi connectivity index (χ3v) is 6.19. The number of aromatic carboxylic acids is 1. The van der Waals surface area contributed by atoms with Crippen LogP contribution in [-0.4, -0.2) is 21.3 Å². The Balaban J connectivity index is 1.61. The molecule has 1 saturated heterocycles. The quantitative estimate of drug-likeness (QED) is 0.362. The van der Waals surface area contributed by atoms with Crippen molar-refractivity contribution in [1.29, 1.82) is 0 Å². The first-order valence-corrected chi connectivity index (χ1v) is 10.5. The van der Waals surface area contributed by atoms with Crippen LogP contribution in [0.15, 0.2) is 57.9 Å². The Hall–Kier alpha value is -2.94. The minimum absolute atomic E-state index is 0.101. The van der Waals surface area contributed by atoms with Crippen LogP contribution in [0.2, 0.25) is 5.02 Å². The second kappa shape index (κ2) is 8.30. The molecule has 5 nitrogen and oxygen atoms in total. The summed E-state index contributed by atoms with van der Waals surface area (Å²) < 4.78 is 19.6. The van der Waals surface area contributed by atoms with Gasteiger partial charge in [0.2, 0.25) is 0 Å². The molecule has 156 valence electrons. The average molecular weight is 474 g/mol. The maximum absolute atomic E-state index is 13.5. The Morgan fingerprint density at radius 1 is 1.23 bits per heavy atom. The van der Waals surface area contributed by atoms with Gasteiger partial charge in [-0.2, -0.15) is 0 Å². The fourth-order valence-electron chi connectivity index (χ4n) is 3.09. The summed E-state index contributed by atoms with van der Waals surface area (Å²) in [5.41, 5.74) is 2.07. The van der Waals surface area contributed by atoms with Crippen LogP contribution in [0.1, 0.15) is 21.7 Å². The number of hydrogen-bond donors (Lipinski definition) is 1. The number of amides is 1. The molecule has 4 rings (SSSR count). The number of halogens is 2. The molecule has 1 N–H and O–H groups in total. The lowest BCUT2D eigenvalue weighted by molar-refractivity contribution is -0.113. The lowest BCUT2D eigenvalue weighted by atomic mass is 10.0. The van der Waals surface area contributed by atoms with E-state index in [0.717, 1.165) is 22.9 Å². The monoisotopic (exact) mass is 473 g/mol. The number of thioether (sulfide) groups is 1. The van der Waals surface area contributed by atoms with E-state index in [0.29, 0.717) is 26.4 Å². The van der Waals surface area contributed by atoms with Crippen LogP contribution < -0.4 is 4.90 Å². The van der Waals surface area contributed by atoms with E-state index in [1.165, 1.54) is 29.2 Å². The molecule has 0 aliphatic carbocycles. The van der Waals surface area contributed by atoms with Crippen LogP contribution in [0.5, 0.6) is 0 Å². The van der Waals surface area contributed by atoms with Gasteiger partial charge in [0.1, 0.15) is 17.3 Å². The molecule has 2 aromatic carbocycles. The topological polar surface area (TPSA) is 70.8 Å². The third kappa shape index (κ3) is 4.14. The fourth-order valence-corrected chi connectivity index (χ4v) is 4.55. The highest BCUT2D eigenvalue weighted by atomic mass is 35.5. The molecule has 1 fully saturated rings. The van der Waals surface area contributed by atoms with Crippen molar-refractivity contribution in [2.24, 2.45) is 0 Å². The van der Waals surface area contributed by atoms with Crippen molar-refractivity contribution in [3.8, 4) is 11.3 Å². The van der Waals surface area contributed by atoms with Crippen molar-refractivity contribution in [2.75, 3.05) is 4.90 Å². The molecule has 1 amide bonds. The number of carboxylic acid groups (broad SMARTS) is 1. The Labute approximate surface area is 191 Å². The zero-order chi connectivity index (χ0) is 22.3. The van der Waals surface area contributed by atoms with Gasteiger partial charge in [-0.1, -0.05) is 41.6 Å². The van der Waals surface area contributed by atoms with Crippen LogP contribution in [-0.2, 0) is 4.79 Å². The predicted octanol–water partition coefficient (Wildman–Crippen LogP) is 6.15. The van der Waals surface area contributed by atoms with Gasteiger partial charge in [0, 0.05) is 11.6 Å². The van der Waals surface area contributed by atoms with Crippen LogP contribution in [0.25, 0.3) is 17.4 Å². The van der Waals surface area contributed by atoms with Crippen LogP contribution in [0, 0.1) is 12.7 Å². The van der Waals surface area contributed by atoms with Gasteiger partial charge >= 0.3 is 5.97 Å². The number of nitrogens with zero attached hydrogens (tertiary/aromatic N) is 1. The lowest BCUT2D eigenvalue weighted by Gasteiger charge is -2.14. The van der Waals surface area contributed by atoms with Gasteiger partial charge in [0.25, 0.3) is 5.91 Å². The van der Waals surface area contributed by atoms with Gasteiger partial charge in [-0.25, -0.2) is 9.18 Å². The Morgan fingerprint density at radius 2 is 2.00 bits per heavy atom. The summed E-state index contributed by atoms with van der Waals surface area (Å²) in [6, 6.07) is 12.2. The summed E-state index contributed by atoms with van der Waals surface area (Å²) in [5, 5.41) is 9.01. The SMILES string of the molecule is Cc1cc(C(=O)O)ccc1-c1ccc(/C=C2\SC(=S)N(c3ccc(F)c(Cl)c3)C2=O)o1. The second-order valence-electron chi connectivity index (χ2n) is 6.65. The largest absolute Gasteiger partial charge is 0.478 e. The van der Waals surface area contributed by atoms with Crippen LogP contribution >= 0.6 is 35.6 Å². The highest BCUT2D eigenvalue weighted by Gasteiger charge is 2.34. The van der Waals surface area contributed by atoms with Gasteiger partial charge in [0.15, 0.2) is 4.32 Å². The van der Waals surface area contributed by atoms with Crippen molar-refractivity contribution in [3.63, 3.8) is 0 Å². The van der Waals surface area contributed by atoms with E-state index in [4.69, 9.17) is 33.3 Å². The van der Waals surface area contributed by atoms with Crippen LogP contribution in [0.3, 0.4) is 0 Å². The Bertz CT molecular complexity index is 1280. The minimum atomic E-state index is -1.00. The molecular weight excluding hydrogens is 461 g/mol. The fraction of sp³-hybridized carbons (Fsp3) is 0.0455. The number of carbonyl (C=O) groups is 2. The van der Waals surface area contributed by atoms with Gasteiger partial charge < -0.3 is 9.52 Å². The van der Waals surface area contributed by atoms with E-state index in [-0.39, 0.29) is 16.5 Å². The summed E-state index contributed by atoms with van der Waals surface area (Å²) in [6.07, 6.45) is 1.58. The normalized spacial score (nSPS) is 15.2. The molecule has 2 heterocycles. The summed E-state index contributed by atoms with van der Waals surface area (Å²) in [5.74, 6) is -0.964. The zero-order valence-electron chi connectivity index (χ0n) is 15.9. The minimum Gasteiger partial charge on any atom is -0.478 e. The molecule has 0 unspecified atom stereocenters. The molecule has 0 saturated carbocycles.